The van der Waals surface area contributed by atoms with Crippen molar-refractivity contribution in [2.24, 2.45) is 0 Å². The van der Waals surface area contributed by atoms with Crippen LogP contribution in [0.15, 0.2) is 18.2 Å². The van der Waals surface area contributed by atoms with E-state index in [0.717, 1.165) is 18.7 Å². The summed E-state index contributed by atoms with van der Waals surface area (Å²) >= 11 is 5.95. The third-order valence-corrected chi connectivity index (χ3v) is 4.12. The molecule has 0 spiro atoms. The van der Waals surface area contributed by atoms with Crippen LogP contribution in [0.5, 0.6) is 5.75 Å². The third-order valence-electron chi connectivity index (χ3n) is 3.88. The second-order valence-electron chi connectivity index (χ2n) is 5.56. The Hall–Kier alpha value is -0.770. The lowest BCUT2D eigenvalue weighted by Crippen LogP contribution is -2.44. The van der Waals surface area contributed by atoms with Gasteiger partial charge in [0.1, 0.15) is 5.75 Å². The minimum atomic E-state index is 0.316. The highest BCUT2D eigenvalue weighted by Crippen LogP contribution is 2.22. The van der Waals surface area contributed by atoms with Gasteiger partial charge in [-0.1, -0.05) is 11.6 Å². The number of nitrogens with zero attached hydrogens (tertiary/aromatic N) is 1. The summed E-state index contributed by atoms with van der Waals surface area (Å²) in [7, 11) is 0. The van der Waals surface area contributed by atoms with Gasteiger partial charge in [0.2, 0.25) is 0 Å². The molecule has 1 aromatic rings. The summed E-state index contributed by atoms with van der Waals surface area (Å²) in [4.78, 5) is 2.51. The first-order valence-corrected chi connectivity index (χ1v) is 7.39. The van der Waals surface area contributed by atoms with Crippen molar-refractivity contribution in [2.75, 3.05) is 13.1 Å². The van der Waals surface area contributed by atoms with Gasteiger partial charge < -0.3 is 15.3 Å². The Kier molecular flexibility index (Phi) is 5.08. The van der Waals surface area contributed by atoms with Gasteiger partial charge in [0.25, 0.3) is 0 Å². The summed E-state index contributed by atoms with van der Waals surface area (Å²) < 4.78 is 0. The Bertz CT molecular complexity index is 415. The topological polar surface area (TPSA) is 35.5 Å². The van der Waals surface area contributed by atoms with Crippen LogP contribution in [0.25, 0.3) is 0 Å². The molecular formula is C15H23ClN2O. The summed E-state index contributed by atoms with van der Waals surface area (Å²) in [5, 5.41) is 14.0. The molecule has 0 amide bonds. The number of phenolic OH excluding ortho intramolecular Hbond substituents is 1. The molecule has 3 nitrogen and oxygen atoms in total. The maximum Gasteiger partial charge on any atom is 0.120 e. The molecule has 19 heavy (non-hydrogen) atoms. The van der Waals surface area contributed by atoms with Gasteiger partial charge in [0.15, 0.2) is 0 Å². The predicted molar refractivity (Wildman–Crippen MR) is 79.7 cm³/mol. The molecule has 4 heteroatoms. The molecule has 0 aromatic heterocycles. The van der Waals surface area contributed by atoms with E-state index in [1.165, 1.54) is 12.8 Å². The Balaban J connectivity index is 1.82. The van der Waals surface area contributed by atoms with Crippen molar-refractivity contribution in [1.29, 1.82) is 0 Å². The van der Waals surface area contributed by atoms with Gasteiger partial charge in [-0.05, 0) is 58.0 Å². The van der Waals surface area contributed by atoms with Crippen LogP contribution in [0.4, 0.5) is 0 Å². The largest absolute Gasteiger partial charge is 0.508 e. The van der Waals surface area contributed by atoms with Crippen LogP contribution in [0.1, 0.15) is 32.3 Å². The fraction of sp³-hybridized carbons (Fsp3) is 0.600. The van der Waals surface area contributed by atoms with E-state index in [-0.39, 0.29) is 0 Å². The molecule has 1 fully saturated rings. The van der Waals surface area contributed by atoms with Crippen molar-refractivity contribution in [3.63, 3.8) is 0 Å². The number of likely N-dealkylation sites (tertiary alicyclic amines) is 1. The normalized spacial score (nSPS) is 18.1. The van der Waals surface area contributed by atoms with Crippen molar-refractivity contribution in [3.8, 4) is 5.75 Å². The Morgan fingerprint density at radius 1 is 1.37 bits per heavy atom. The summed E-state index contributed by atoms with van der Waals surface area (Å²) in [6.07, 6.45) is 2.33. The Morgan fingerprint density at radius 3 is 2.68 bits per heavy atom. The Labute approximate surface area is 120 Å². The first-order chi connectivity index (χ1) is 9.06. The average Bonchev–Trinajstić information content (AvgIpc) is 2.40. The van der Waals surface area contributed by atoms with Crippen molar-refractivity contribution in [1.82, 2.24) is 10.2 Å². The van der Waals surface area contributed by atoms with Gasteiger partial charge in [0, 0.05) is 29.2 Å². The number of hydrogen-bond donors (Lipinski definition) is 2. The SMILES string of the molecule is CC(C)N1CCC(NCc2cc(Cl)ccc2O)CC1. The molecule has 0 atom stereocenters. The zero-order chi connectivity index (χ0) is 13.8. The lowest BCUT2D eigenvalue weighted by molar-refractivity contribution is 0.161. The van der Waals surface area contributed by atoms with Gasteiger partial charge >= 0.3 is 0 Å². The molecule has 106 valence electrons. The number of piperidine rings is 1. The van der Waals surface area contributed by atoms with Gasteiger partial charge in [0.05, 0.1) is 0 Å². The molecule has 1 heterocycles. The number of hydrogen-bond acceptors (Lipinski definition) is 3. The number of rotatable bonds is 4. The molecule has 0 radical (unpaired) electrons. The number of aromatic hydroxyl groups is 1. The third kappa shape index (κ3) is 4.10. The molecule has 2 N–H and O–H groups in total. The number of phenols is 1. The van der Waals surface area contributed by atoms with Crippen molar-refractivity contribution in [2.45, 2.75) is 45.3 Å². The second-order valence-corrected chi connectivity index (χ2v) is 5.99. The van der Waals surface area contributed by atoms with Gasteiger partial charge in [-0.25, -0.2) is 0 Å². The highest BCUT2D eigenvalue weighted by Gasteiger charge is 2.20. The molecule has 0 bridgehead atoms. The van der Waals surface area contributed by atoms with E-state index in [0.29, 0.717) is 29.4 Å². The average molecular weight is 283 g/mol. The zero-order valence-electron chi connectivity index (χ0n) is 11.7. The monoisotopic (exact) mass is 282 g/mol. The van der Waals surface area contributed by atoms with Crippen molar-refractivity contribution in [3.05, 3.63) is 28.8 Å². The predicted octanol–water partition coefficient (Wildman–Crippen LogP) is 3.01. The van der Waals surface area contributed by atoms with E-state index in [2.05, 4.69) is 24.1 Å². The quantitative estimate of drug-likeness (QED) is 0.891. The molecule has 1 aliphatic rings. The molecule has 0 saturated carbocycles. The van der Waals surface area contributed by atoms with Crippen LogP contribution < -0.4 is 5.32 Å². The van der Waals surface area contributed by atoms with Crippen molar-refractivity contribution >= 4 is 11.6 Å². The zero-order valence-corrected chi connectivity index (χ0v) is 12.5. The summed E-state index contributed by atoms with van der Waals surface area (Å²) in [6, 6.07) is 6.36. The van der Waals surface area contributed by atoms with E-state index in [4.69, 9.17) is 11.6 Å². The molecule has 2 rings (SSSR count). The highest BCUT2D eigenvalue weighted by molar-refractivity contribution is 6.30. The van der Waals surface area contributed by atoms with Gasteiger partial charge in [-0.3, -0.25) is 0 Å². The van der Waals surface area contributed by atoms with Gasteiger partial charge in [-0.15, -0.1) is 0 Å². The van der Waals surface area contributed by atoms with E-state index in [1.807, 2.05) is 6.07 Å². The molecule has 1 saturated heterocycles. The molecule has 1 aromatic carbocycles. The van der Waals surface area contributed by atoms with E-state index >= 15 is 0 Å². The maximum absolute atomic E-state index is 9.77. The fourth-order valence-corrected chi connectivity index (χ4v) is 2.76. The minimum Gasteiger partial charge on any atom is -0.508 e. The van der Waals surface area contributed by atoms with Crippen molar-refractivity contribution < 1.29 is 5.11 Å². The summed E-state index contributed by atoms with van der Waals surface area (Å²) in [6.45, 7) is 7.47. The molecule has 0 aliphatic carbocycles. The smallest absolute Gasteiger partial charge is 0.120 e. The molecule has 1 aliphatic heterocycles. The molecular weight excluding hydrogens is 260 g/mol. The first-order valence-electron chi connectivity index (χ1n) is 7.01. The van der Waals surface area contributed by atoms with E-state index < -0.39 is 0 Å². The Morgan fingerprint density at radius 2 is 2.05 bits per heavy atom. The number of halogens is 1. The summed E-state index contributed by atoms with van der Waals surface area (Å²) in [5.41, 5.74) is 0.874. The van der Waals surface area contributed by atoms with Crippen LogP contribution in [-0.2, 0) is 6.54 Å². The number of benzene rings is 1. The lowest BCUT2D eigenvalue weighted by atomic mass is 10.0. The van der Waals surface area contributed by atoms with E-state index in [9.17, 15) is 5.11 Å². The van der Waals surface area contributed by atoms with Crippen LogP contribution in [-0.4, -0.2) is 35.2 Å². The minimum absolute atomic E-state index is 0.316. The summed E-state index contributed by atoms with van der Waals surface area (Å²) in [5.74, 6) is 0.316. The first kappa shape index (κ1) is 14.6. The van der Waals surface area contributed by atoms with E-state index in [1.54, 1.807) is 12.1 Å². The van der Waals surface area contributed by atoms with Crippen LogP contribution in [0.2, 0.25) is 5.02 Å². The number of nitrogens with one attached hydrogen (secondary N) is 1. The molecule has 0 unspecified atom stereocenters. The standard InChI is InChI=1S/C15H23ClN2O/c1-11(2)18-7-5-14(6-8-18)17-10-12-9-13(16)3-4-15(12)19/h3-4,9,11,14,17,19H,5-8,10H2,1-2H3. The highest BCUT2D eigenvalue weighted by atomic mass is 35.5. The van der Waals surface area contributed by atoms with Gasteiger partial charge in [-0.2, -0.15) is 0 Å². The van der Waals surface area contributed by atoms with Crippen LogP contribution in [0.3, 0.4) is 0 Å². The lowest BCUT2D eigenvalue weighted by Gasteiger charge is -2.35. The van der Waals surface area contributed by atoms with Crippen LogP contribution >= 0.6 is 11.6 Å². The van der Waals surface area contributed by atoms with Crippen LogP contribution in [0, 0.1) is 0 Å². The maximum atomic E-state index is 9.77. The second kappa shape index (κ2) is 6.60. The fourth-order valence-electron chi connectivity index (χ4n) is 2.57.